The van der Waals surface area contributed by atoms with Gasteiger partial charge in [0.25, 0.3) is 5.91 Å². The lowest BCUT2D eigenvalue weighted by Gasteiger charge is -2.09. The molecular formula is C24H17Cl4N3O2. The van der Waals surface area contributed by atoms with Gasteiger partial charge in [-0.1, -0.05) is 70.7 Å². The van der Waals surface area contributed by atoms with Crippen molar-refractivity contribution in [3.8, 4) is 5.75 Å². The molecule has 168 valence electrons. The van der Waals surface area contributed by atoms with Crippen LogP contribution in [0.5, 0.6) is 5.75 Å². The van der Waals surface area contributed by atoms with E-state index in [1.807, 2.05) is 30.3 Å². The molecule has 0 fully saturated rings. The summed E-state index contributed by atoms with van der Waals surface area (Å²) in [5.41, 5.74) is 2.25. The summed E-state index contributed by atoms with van der Waals surface area (Å²) in [6, 6.07) is 19.5. The topological polar surface area (TPSA) is 56.2 Å². The summed E-state index contributed by atoms with van der Waals surface area (Å²) < 4.78 is 7.40. The number of nitrogens with one attached hydrogen (secondary N) is 1. The van der Waals surface area contributed by atoms with Gasteiger partial charge < -0.3 is 10.1 Å². The van der Waals surface area contributed by atoms with Gasteiger partial charge in [-0.2, -0.15) is 5.10 Å². The highest BCUT2D eigenvalue weighted by Crippen LogP contribution is 2.28. The van der Waals surface area contributed by atoms with Gasteiger partial charge in [-0.3, -0.25) is 9.48 Å². The van der Waals surface area contributed by atoms with Crippen LogP contribution in [0, 0.1) is 0 Å². The fourth-order valence-corrected chi connectivity index (χ4v) is 3.86. The summed E-state index contributed by atoms with van der Waals surface area (Å²) >= 11 is 24.3. The monoisotopic (exact) mass is 519 g/mol. The molecule has 4 rings (SSSR count). The predicted molar refractivity (Wildman–Crippen MR) is 133 cm³/mol. The third kappa shape index (κ3) is 6.21. The molecule has 0 atom stereocenters. The Kier molecular flexibility index (Phi) is 7.46. The highest BCUT2D eigenvalue weighted by molar-refractivity contribution is 6.35. The van der Waals surface area contributed by atoms with E-state index in [9.17, 15) is 4.79 Å². The Hall–Kier alpha value is -2.70. The molecule has 0 aliphatic rings. The fourth-order valence-electron chi connectivity index (χ4n) is 3.08. The second kappa shape index (κ2) is 10.5. The molecule has 1 aromatic heterocycles. The Morgan fingerprint density at radius 2 is 1.64 bits per heavy atom. The number of carbonyl (C=O) groups is 1. The van der Waals surface area contributed by atoms with Crippen LogP contribution in [-0.4, -0.2) is 15.7 Å². The molecule has 4 aromatic rings. The van der Waals surface area contributed by atoms with Crippen molar-refractivity contribution in [3.63, 3.8) is 0 Å². The number of benzene rings is 3. The van der Waals surface area contributed by atoms with E-state index in [-0.39, 0.29) is 18.3 Å². The van der Waals surface area contributed by atoms with Gasteiger partial charge >= 0.3 is 0 Å². The summed E-state index contributed by atoms with van der Waals surface area (Å²) in [6.07, 6.45) is 1.66. The van der Waals surface area contributed by atoms with Crippen LogP contribution in [0.4, 0.5) is 5.82 Å². The molecule has 1 amide bonds. The van der Waals surface area contributed by atoms with Crippen LogP contribution in [0.3, 0.4) is 0 Å². The fraction of sp³-hybridized carbons (Fsp3) is 0.0833. The van der Waals surface area contributed by atoms with Crippen LogP contribution in [0.1, 0.15) is 21.5 Å². The summed E-state index contributed by atoms with van der Waals surface area (Å²) in [4.78, 5) is 12.8. The quantitative estimate of drug-likeness (QED) is 0.276. The average Bonchev–Trinajstić information content (AvgIpc) is 3.13. The highest BCUT2D eigenvalue weighted by Gasteiger charge is 2.13. The Morgan fingerprint density at radius 1 is 0.879 bits per heavy atom. The number of hydrogen-bond donors (Lipinski definition) is 1. The number of carbonyl (C=O) groups excluding carboxylic acids is 1. The minimum atomic E-state index is -0.333. The van der Waals surface area contributed by atoms with Crippen molar-refractivity contribution in [1.29, 1.82) is 0 Å². The number of amides is 1. The van der Waals surface area contributed by atoms with Gasteiger partial charge in [0.15, 0.2) is 5.82 Å². The second-order valence-corrected chi connectivity index (χ2v) is 8.85. The molecule has 0 saturated heterocycles. The minimum Gasteiger partial charge on any atom is -0.487 e. The third-order valence-electron chi connectivity index (χ3n) is 4.68. The Labute approximate surface area is 210 Å². The first kappa shape index (κ1) is 23.5. The summed E-state index contributed by atoms with van der Waals surface area (Å²) in [5, 5.41) is 9.08. The highest BCUT2D eigenvalue weighted by atomic mass is 35.5. The van der Waals surface area contributed by atoms with Gasteiger partial charge in [0.2, 0.25) is 0 Å². The first-order chi connectivity index (χ1) is 15.9. The van der Waals surface area contributed by atoms with Crippen molar-refractivity contribution in [2.45, 2.75) is 13.2 Å². The van der Waals surface area contributed by atoms with Crippen molar-refractivity contribution in [1.82, 2.24) is 9.78 Å². The molecule has 5 nitrogen and oxygen atoms in total. The van der Waals surface area contributed by atoms with E-state index in [2.05, 4.69) is 10.4 Å². The molecule has 0 saturated carbocycles. The first-order valence-electron chi connectivity index (χ1n) is 9.83. The van der Waals surface area contributed by atoms with Crippen LogP contribution in [0.25, 0.3) is 0 Å². The van der Waals surface area contributed by atoms with E-state index in [4.69, 9.17) is 51.1 Å². The van der Waals surface area contributed by atoms with Crippen LogP contribution >= 0.6 is 46.4 Å². The van der Waals surface area contributed by atoms with E-state index in [1.54, 1.807) is 47.3 Å². The standard InChI is InChI=1S/C24H17Cl4N3O2/c25-18-6-4-15(5-7-18)12-31-13-21(28)23(30-31)29-24(32)17-3-1-2-16(10-17)14-33-22-9-8-19(26)11-20(22)27/h1-11,13H,12,14H2,(H,29,30,32). The van der Waals surface area contributed by atoms with Gasteiger partial charge in [0, 0.05) is 21.8 Å². The molecular weight excluding hydrogens is 504 g/mol. The van der Waals surface area contributed by atoms with E-state index in [0.29, 0.717) is 37.9 Å². The molecule has 0 spiro atoms. The van der Waals surface area contributed by atoms with Crippen molar-refractivity contribution < 1.29 is 9.53 Å². The van der Waals surface area contributed by atoms with Crippen molar-refractivity contribution in [2.24, 2.45) is 0 Å². The molecule has 0 radical (unpaired) electrons. The Bertz CT molecular complexity index is 1290. The number of hydrogen-bond acceptors (Lipinski definition) is 3. The molecule has 9 heteroatoms. The maximum Gasteiger partial charge on any atom is 0.256 e. The largest absolute Gasteiger partial charge is 0.487 e. The van der Waals surface area contributed by atoms with Crippen molar-refractivity contribution >= 4 is 58.1 Å². The average molecular weight is 521 g/mol. The maximum absolute atomic E-state index is 12.8. The summed E-state index contributed by atoms with van der Waals surface area (Å²) in [6.45, 7) is 0.728. The van der Waals surface area contributed by atoms with Crippen LogP contribution in [-0.2, 0) is 13.2 Å². The number of halogens is 4. The number of aromatic nitrogens is 2. The smallest absolute Gasteiger partial charge is 0.256 e. The molecule has 0 aliphatic carbocycles. The van der Waals surface area contributed by atoms with Crippen molar-refractivity contribution in [2.75, 3.05) is 5.32 Å². The Morgan fingerprint density at radius 3 is 2.39 bits per heavy atom. The van der Waals surface area contributed by atoms with E-state index < -0.39 is 0 Å². The van der Waals surface area contributed by atoms with E-state index in [1.165, 1.54) is 0 Å². The summed E-state index contributed by atoms with van der Waals surface area (Å²) in [5.74, 6) is 0.458. The number of anilines is 1. The lowest BCUT2D eigenvalue weighted by atomic mass is 10.1. The zero-order chi connectivity index (χ0) is 23.4. The number of nitrogens with zero attached hydrogens (tertiary/aromatic N) is 2. The molecule has 0 unspecified atom stereocenters. The molecule has 3 aromatic carbocycles. The normalized spacial score (nSPS) is 10.8. The van der Waals surface area contributed by atoms with E-state index >= 15 is 0 Å². The van der Waals surface area contributed by atoms with Gasteiger partial charge in [-0.25, -0.2) is 0 Å². The van der Waals surface area contributed by atoms with E-state index in [0.717, 1.165) is 11.1 Å². The van der Waals surface area contributed by atoms with Gasteiger partial charge in [0.05, 0.1) is 11.6 Å². The second-order valence-electron chi connectivity index (χ2n) is 7.17. The Balaban J connectivity index is 1.41. The van der Waals surface area contributed by atoms with Crippen LogP contribution < -0.4 is 10.1 Å². The SMILES string of the molecule is O=C(Nc1nn(Cc2ccc(Cl)cc2)cc1Cl)c1cccc(COc2ccc(Cl)cc2Cl)c1. The lowest BCUT2D eigenvalue weighted by molar-refractivity contribution is 0.102. The summed E-state index contributed by atoms with van der Waals surface area (Å²) in [7, 11) is 0. The van der Waals surface area contributed by atoms with Crippen molar-refractivity contribution in [3.05, 3.63) is 110 Å². The molecule has 1 heterocycles. The maximum atomic E-state index is 12.8. The zero-order valence-electron chi connectivity index (χ0n) is 17.1. The molecule has 0 bridgehead atoms. The van der Waals surface area contributed by atoms with Gasteiger partial charge in [-0.15, -0.1) is 0 Å². The first-order valence-corrected chi connectivity index (χ1v) is 11.3. The number of ether oxygens (including phenoxy) is 1. The van der Waals surface area contributed by atoms with Crippen LogP contribution in [0.2, 0.25) is 20.1 Å². The third-order valence-corrected chi connectivity index (χ3v) is 5.74. The zero-order valence-corrected chi connectivity index (χ0v) is 20.1. The lowest BCUT2D eigenvalue weighted by Crippen LogP contribution is -2.13. The van der Waals surface area contributed by atoms with Gasteiger partial charge in [-0.05, 0) is 53.6 Å². The predicted octanol–water partition coefficient (Wildman–Crippen LogP) is 7.38. The van der Waals surface area contributed by atoms with Crippen LogP contribution in [0.15, 0.2) is 72.9 Å². The molecule has 33 heavy (non-hydrogen) atoms. The number of rotatable bonds is 7. The molecule has 0 aliphatic heterocycles. The molecule has 1 N–H and O–H groups in total. The minimum absolute atomic E-state index is 0.235. The van der Waals surface area contributed by atoms with Gasteiger partial charge in [0.1, 0.15) is 17.4 Å².